The Morgan fingerprint density at radius 3 is 2.35 bits per heavy atom. The van der Waals surface area contributed by atoms with Crippen molar-refractivity contribution in [1.29, 1.82) is 0 Å². The summed E-state index contributed by atoms with van der Waals surface area (Å²) in [7, 11) is -3.42. The lowest BCUT2D eigenvalue weighted by Crippen LogP contribution is -2.32. The number of rotatable bonds is 5. The van der Waals surface area contributed by atoms with Gasteiger partial charge < -0.3 is 4.90 Å². The van der Waals surface area contributed by atoms with Gasteiger partial charge in [0, 0.05) is 31.7 Å². The van der Waals surface area contributed by atoms with Gasteiger partial charge in [0.2, 0.25) is 10.0 Å². The highest BCUT2D eigenvalue weighted by molar-refractivity contribution is 7.89. The number of hydrogen-bond donors (Lipinski definition) is 0. The Hall–Kier alpha value is -1.40. The Balaban J connectivity index is 1.67. The van der Waals surface area contributed by atoms with Crippen LogP contribution in [-0.4, -0.2) is 49.7 Å². The van der Waals surface area contributed by atoms with Crippen molar-refractivity contribution in [3.05, 3.63) is 29.8 Å². The summed E-state index contributed by atoms with van der Waals surface area (Å²) in [5.74, 6) is 0.748. The summed E-state index contributed by atoms with van der Waals surface area (Å²) in [4.78, 5) is 15.0. The van der Waals surface area contributed by atoms with Gasteiger partial charge >= 0.3 is 0 Å². The number of likely N-dealkylation sites (tertiary alicyclic amines) is 1. The van der Waals surface area contributed by atoms with E-state index >= 15 is 0 Å². The van der Waals surface area contributed by atoms with Crippen molar-refractivity contribution in [2.24, 2.45) is 5.92 Å². The van der Waals surface area contributed by atoms with Crippen molar-refractivity contribution in [3.63, 3.8) is 0 Å². The van der Waals surface area contributed by atoms with Crippen molar-refractivity contribution >= 4 is 15.9 Å². The molecule has 1 aromatic rings. The summed E-state index contributed by atoms with van der Waals surface area (Å²) >= 11 is 0. The number of hydrogen-bond acceptors (Lipinski definition) is 3. The third-order valence-electron chi connectivity index (χ3n) is 5.64. The van der Waals surface area contributed by atoms with Gasteiger partial charge in [-0.2, -0.15) is 4.31 Å². The van der Waals surface area contributed by atoms with Gasteiger partial charge in [0.1, 0.15) is 0 Å². The quantitative estimate of drug-likeness (QED) is 0.788. The average molecular weight is 379 g/mol. The van der Waals surface area contributed by atoms with Gasteiger partial charge in [-0.25, -0.2) is 8.42 Å². The molecule has 0 radical (unpaired) electrons. The molecular formula is C20H30N2O3S. The molecule has 6 heteroatoms. The van der Waals surface area contributed by atoms with Crippen molar-refractivity contribution in [3.8, 4) is 0 Å². The molecule has 2 heterocycles. The van der Waals surface area contributed by atoms with Crippen LogP contribution in [0.3, 0.4) is 0 Å². The maximum absolute atomic E-state index is 12.8. The second-order valence-corrected chi connectivity index (χ2v) is 9.45. The van der Waals surface area contributed by atoms with Gasteiger partial charge in [-0.3, -0.25) is 4.79 Å². The van der Waals surface area contributed by atoms with Crippen LogP contribution in [0.15, 0.2) is 29.2 Å². The van der Waals surface area contributed by atoms with Crippen LogP contribution in [-0.2, 0) is 10.0 Å². The van der Waals surface area contributed by atoms with Crippen LogP contribution in [0, 0.1) is 5.92 Å². The normalized spacial score (nSPS) is 22.3. The number of nitrogens with zero attached hydrogens (tertiary/aromatic N) is 2. The van der Waals surface area contributed by atoms with Gasteiger partial charge in [-0.1, -0.05) is 19.8 Å². The molecule has 1 aromatic carbocycles. The first-order chi connectivity index (χ1) is 12.5. The van der Waals surface area contributed by atoms with Crippen LogP contribution in [0.1, 0.15) is 62.2 Å². The molecular weight excluding hydrogens is 348 g/mol. The summed E-state index contributed by atoms with van der Waals surface area (Å²) in [6, 6.07) is 6.50. The lowest BCUT2D eigenvalue weighted by atomic mass is 9.96. The number of carbonyl (C=O) groups is 1. The van der Waals surface area contributed by atoms with Crippen molar-refractivity contribution in [1.82, 2.24) is 9.21 Å². The largest absolute Gasteiger partial charge is 0.339 e. The maximum Gasteiger partial charge on any atom is 0.253 e. The average Bonchev–Trinajstić information content (AvgIpc) is 3.10. The Bertz CT molecular complexity index is 709. The molecule has 0 aromatic heterocycles. The predicted molar refractivity (Wildman–Crippen MR) is 103 cm³/mol. The summed E-state index contributed by atoms with van der Waals surface area (Å²) in [6.07, 6.45) is 7.60. The molecule has 2 fully saturated rings. The summed E-state index contributed by atoms with van der Waals surface area (Å²) in [5.41, 5.74) is 0.583. The third-order valence-corrected chi connectivity index (χ3v) is 7.55. The van der Waals surface area contributed by atoms with Crippen LogP contribution in [0.25, 0.3) is 0 Å². The second-order valence-electron chi connectivity index (χ2n) is 7.51. The van der Waals surface area contributed by atoms with E-state index in [0.29, 0.717) is 18.7 Å². The second kappa shape index (κ2) is 8.53. The zero-order chi connectivity index (χ0) is 18.6. The minimum absolute atomic E-state index is 0.0206. The van der Waals surface area contributed by atoms with E-state index in [1.54, 1.807) is 24.3 Å². The van der Waals surface area contributed by atoms with Gasteiger partial charge in [0.15, 0.2) is 0 Å². The van der Waals surface area contributed by atoms with Crippen molar-refractivity contribution in [2.45, 2.75) is 56.8 Å². The highest BCUT2D eigenvalue weighted by Gasteiger charge is 2.27. The molecule has 0 spiro atoms. The minimum atomic E-state index is -3.42. The first kappa shape index (κ1) is 19.4. The number of benzene rings is 1. The highest BCUT2D eigenvalue weighted by atomic mass is 32.2. The van der Waals surface area contributed by atoms with Gasteiger partial charge in [-0.15, -0.1) is 0 Å². The van der Waals surface area contributed by atoms with E-state index in [1.807, 2.05) is 4.90 Å². The molecule has 0 saturated carbocycles. The van der Waals surface area contributed by atoms with Gasteiger partial charge in [0.25, 0.3) is 5.91 Å². The topological polar surface area (TPSA) is 57.7 Å². The standard InChI is InChI=1S/C20H30N2O3S/c1-2-6-17-7-5-13-21(16-12-17)20(23)18-8-10-19(11-9-18)26(24,25)22-14-3-4-15-22/h8-11,17H,2-7,12-16H2,1H3. The smallest absolute Gasteiger partial charge is 0.253 e. The predicted octanol–water partition coefficient (Wildman–Crippen LogP) is 3.51. The lowest BCUT2D eigenvalue weighted by Gasteiger charge is -2.21. The van der Waals surface area contributed by atoms with E-state index in [2.05, 4.69) is 6.92 Å². The summed E-state index contributed by atoms with van der Waals surface area (Å²) in [5, 5.41) is 0. The van der Waals surface area contributed by atoms with Crippen LogP contribution in [0.4, 0.5) is 0 Å². The Morgan fingerprint density at radius 1 is 1.00 bits per heavy atom. The Labute approximate surface area is 157 Å². The van der Waals surface area contributed by atoms with E-state index < -0.39 is 10.0 Å². The van der Waals surface area contributed by atoms with Crippen LogP contribution >= 0.6 is 0 Å². The van der Waals surface area contributed by atoms with Crippen LogP contribution in [0.5, 0.6) is 0 Å². The zero-order valence-corrected chi connectivity index (χ0v) is 16.5. The fraction of sp³-hybridized carbons (Fsp3) is 0.650. The Morgan fingerprint density at radius 2 is 1.69 bits per heavy atom. The van der Waals surface area contributed by atoms with Gasteiger partial charge in [0.05, 0.1) is 4.90 Å². The van der Waals surface area contributed by atoms with E-state index in [9.17, 15) is 13.2 Å². The zero-order valence-electron chi connectivity index (χ0n) is 15.7. The molecule has 26 heavy (non-hydrogen) atoms. The molecule has 1 amide bonds. The van der Waals surface area contributed by atoms with E-state index in [-0.39, 0.29) is 10.8 Å². The number of amides is 1. The number of sulfonamides is 1. The third kappa shape index (κ3) is 4.29. The molecule has 3 rings (SSSR count). The SMILES string of the molecule is CCCC1CCCN(C(=O)c2ccc(S(=O)(=O)N3CCCC3)cc2)CC1. The Kier molecular flexibility index (Phi) is 6.35. The van der Waals surface area contributed by atoms with Crippen LogP contribution in [0.2, 0.25) is 0 Å². The summed E-state index contributed by atoms with van der Waals surface area (Å²) < 4.78 is 26.7. The molecule has 2 saturated heterocycles. The fourth-order valence-electron chi connectivity index (χ4n) is 4.09. The van der Waals surface area contributed by atoms with Gasteiger partial charge in [-0.05, 0) is 62.3 Å². The molecule has 0 N–H and O–H groups in total. The van der Waals surface area contributed by atoms with Crippen LogP contribution < -0.4 is 0 Å². The minimum Gasteiger partial charge on any atom is -0.339 e. The molecule has 5 nitrogen and oxygen atoms in total. The molecule has 2 aliphatic heterocycles. The number of carbonyl (C=O) groups excluding carboxylic acids is 1. The maximum atomic E-state index is 12.8. The lowest BCUT2D eigenvalue weighted by molar-refractivity contribution is 0.0759. The first-order valence-corrected chi connectivity index (χ1v) is 11.4. The van der Waals surface area contributed by atoms with E-state index in [4.69, 9.17) is 0 Å². The molecule has 144 valence electrons. The fourth-order valence-corrected chi connectivity index (χ4v) is 5.61. The highest BCUT2D eigenvalue weighted by Crippen LogP contribution is 2.24. The van der Waals surface area contributed by atoms with E-state index in [0.717, 1.165) is 44.7 Å². The molecule has 1 atom stereocenters. The molecule has 0 aliphatic carbocycles. The molecule has 1 unspecified atom stereocenters. The van der Waals surface area contributed by atoms with E-state index in [1.165, 1.54) is 23.6 Å². The van der Waals surface area contributed by atoms with Crippen molar-refractivity contribution in [2.75, 3.05) is 26.2 Å². The summed E-state index contributed by atoms with van der Waals surface area (Å²) in [6.45, 7) is 5.00. The molecule has 2 aliphatic rings. The van der Waals surface area contributed by atoms with Crippen molar-refractivity contribution < 1.29 is 13.2 Å². The monoisotopic (exact) mass is 378 g/mol. The first-order valence-electron chi connectivity index (χ1n) is 9.92. The molecule has 0 bridgehead atoms.